The van der Waals surface area contributed by atoms with Crippen molar-refractivity contribution >= 4 is 5.91 Å². The number of para-hydroxylation sites is 1. The Balaban J connectivity index is 1.81. The first-order valence-corrected chi connectivity index (χ1v) is 7.32. The third-order valence-corrected chi connectivity index (χ3v) is 4.11. The fourth-order valence-corrected chi connectivity index (χ4v) is 2.80. The number of carbonyl (C=O) groups is 1. The quantitative estimate of drug-likeness (QED) is 0.934. The normalized spacial score (nSPS) is 19.2. The molecule has 22 heavy (non-hydrogen) atoms. The Kier molecular flexibility index (Phi) is 4.11. The Morgan fingerprint density at radius 2 is 2.18 bits per heavy atom. The molecule has 2 heterocycles. The van der Waals surface area contributed by atoms with Gasteiger partial charge in [-0.05, 0) is 19.2 Å². The molecule has 6 nitrogen and oxygen atoms in total. The number of benzene rings is 1. The molecule has 2 aromatic rings. The molecule has 0 aliphatic carbocycles. The third kappa shape index (κ3) is 2.69. The zero-order chi connectivity index (χ0) is 15.5. The molecule has 1 N–H and O–H groups in total. The van der Waals surface area contributed by atoms with Crippen molar-refractivity contribution in [3.8, 4) is 5.75 Å². The number of H-pyrrole nitrogens is 1. The van der Waals surface area contributed by atoms with Gasteiger partial charge in [0.25, 0.3) is 5.91 Å². The summed E-state index contributed by atoms with van der Waals surface area (Å²) >= 11 is 0. The van der Waals surface area contributed by atoms with Gasteiger partial charge in [0.1, 0.15) is 11.6 Å². The summed E-state index contributed by atoms with van der Waals surface area (Å²) in [5.41, 5.74) is 0.604. The van der Waals surface area contributed by atoms with Crippen LogP contribution in [0.5, 0.6) is 5.75 Å². The van der Waals surface area contributed by atoms with Gasteiger partial charge in [0.15, 0.2) is 0 Å². The van der Waals surface area contributed by atoms with E-state index >= 15 is 0 Å². The van der Waals surface area contributed by atoms with Crippen LogP contribution in [0.4, 0.5) is 0 Å². The predicted molar refractivity (Wildman–Crippen MR) is 82.9 cm³/mol. The first-order chi connectivity index (χ1) is 10.7. The molecule has 0 spiro atoms. The van der Waals surface area contributed by atoms with Gasteiger partial charge in [-0.25, -0.2) is 4.98 Å². The van der Waals surface area contributed by atoms with Gasteiger partial charge >= 0.3 is 0 Å². The SMILES string of the molecule is COc1ccccc1C(=O)N1CCN(C)C(c2ncc[nH]2)C1. The number of carbonyl (C=O) groups excluding carboxylic acids is 1. The maximum Gasteiger partial charge on any atom is 0.257 e. The van der Waals surface area contributed by atoms with Crippen molar-refractivity contribution in [1.82, 2.24) is 19.8 Å². The lowest BCUT2D eigenvalue weighted by Gasteiger charge is -2.38. The number of hydrogen-bond acceptors (Lipinski definition) is 4. The van der Waals surface area contributed by atoms with Crippen LogP contribution in [0.15, 0.2) is 36.7 Å². The van der Waals surface area contributed by atoms with Crippen LogP contribution in [0, 0.1) is 0 Å². The van der Waals surface area contributed by atoms with Gasteiger partial charge in [-0.1, -0.05) is 12.1 Å². The third-order valence-electron chi connectivity index (χ3n) is 4.11. The van der Waals surface area contributed by atoms with E-state index in [2.05, 4.69) is 21.9 Å². The first-order valence-electron chi connectivity index (χ1n) is 7.32. The zero-order valence-electron chi connectivity index (χ0n) is 12.8. The molecule has 6 heteroatoms. The van der Waals surface area contributed by atoms with E-state index < -0.39 is 0 Å². The highest BCUT2D eigenvalue weighted by atomic mass is 16.5. The minimum absolute atomic E-state index is 0.00195. The fourth-order valence-electron chi connectivity index (χ4n) is 2.80. The number of imidazole rings is 1. The van der Waals surface area contributed by atoms with Crippen molar-refractivity contribution in [2.45, 2.75) is 6.04 Å². The number of aromatic nitrogens is 2. The molecule has 1 aliphatic rings. The van der Waals surface area contributed by atoms with Crippen LogP contribution in [-0.4, -0.2) is 59.5 Å². The van der Waals surface area contributed by atoms with Gasteiger partial charge < -0.3 is 14.6 Å². The highest BCUT2D eigenvalue weighted by Gasteiger charge is 2.31. The number of ether oxygens (including phenoxy) is 1. The largest absolute Gasteiger partial charge is 0.496 e. The predicted octanol–water partition coefficient (Wildman–Crippen LogP) is 1.55. The summed E-state index contributed by atoms with van der Waals surface area (Å²) in [4.78, 5) is 24.4. The number of likely N-dealkylation sites (N-methyl/N-ethyl adjacent to an activating group) is 1. The zero-order valence-corrected chi connectivity index (χ0v) is 12.8. The lowest BCUT2D eigenvalue weighted by molar-refractivity contribution is 0.0531. The van der Waals surface area contributed by atoms with E-state index in [4.69, 9.17) is 4.74 Å². The number of nitrogens with zero attached hydrogens (tertiary/aromatic N) is 3. The van der Waals surface area contributed by atoms with Gasteiger partial charge in [0.05, 0.1) is 18.7 Å². The second kappa shape index (κ2) is 6.19. The molecule has 116 valence electrons. The summed E-state index contributed by atoms with van der Waals surface area (Å²) in [7, 11) is 3.64. The van der Waals surface area contributed by atoms with Gasteiger partial charge in [0.2, 0.25) is 0 Å². The molecule has 3 rings (SSSR count). The summed E-state index contributed by atoms with van der Waals surface area (Å²) in [6.45, 7) is 2.12. The molecule has 1 atom stereocenters. The molecule has 1 saturated heterocycles. The second-order valence-electron chi connectivity index (χ2n) is 5.42. The second-order valence-corrected chi connectivity index (χ2v) is 5.42. The molecule has 1 amide bonds. The average Bonchev–Trinajstić information content (AvgIpc) is 3.09. The number of amides is 1. The van der Waals surface area contributed by atoms with E-state index in [0.29, 0.717) is 24.4 Å². The van der Waals surface area contributed by atoms with E-state index in [-0.39, 0.29) is 11.9 Å². The molecular weight excluding hydrogens is 280 g/mol. The monoisotopic (exact) mass is 300 g/mol. The summed E-state index contributed by atoms with van der Waals surface area (Å²) < 4.78 is 5.30. The Hall–Kier alpha value is -2.34. The lowest BCUT2D eigenvalue weighted by Crippen LogP contribution is -2.49. The number of methoxy groups -OCH3 is 1. The minimum atomic E-state index is 0.00195. The van der Waals surface area contributed by atoms with Crippen LogP contribution < -0.4 is 4.74 Å². The van der Waals surface area contributed by atoms with Gasteiger partial charge in [0, 0.05) is 32.0 Å². The molecule has 1 aliphatic heterocycles. The van der Waals surface area contributed by atoms with Crippen LogP contribution in [-0.2, 0) is 0 Å². The highest BCUT2D eigenvalue weighted by Crippen LogP contribution is 2.25. The van der Waals surface area contributed by atoms with Crippen LogP contribution in [0.2, 0.25) is 0 Å². The number of aromatic amines is 1. The Morgan fingerprint density at radius 1 is 1.36 bits per heavy atom. The van der Waals surface area contributed by atoms with Crippen LogP contribution in [0.3, 0.4) is 0 Å². The fraction of sp³-hybridized carbons (Fsp3) is 0.375. The van der Waals surface area contributed by atoms with E-state index in [1.54, 1.807) is 19.4 Å². The van der Waals surface area contributed by atoms with Crippen molar-refractivity contribution in [2.24, 2.45) is 0 Å². The van der Waals surface area contributed by atoms with Crippen molar-refractivity contribution in [2.75, 3.05) is 33.8 Å². The molecule has 0 radical (unpaired) electrons. The van der Waals surface area contributed by atoms with E-state index in [1.807, 2.05) is 29.3 Å². The van der Waals surface area contributed by atoms with E-state index in [1.165, 1.54) is 0 Å². The lowest BCUT2D eigenvalue weighted by atomic mass is 10.1. The number of hydrogen-bond donors (Lipinski definition) is 1. The number of piperazine rings is 1. The molecule has 1 fully saturated rings. The molecule has 1 aromatic carbocycles. The van der Waals surface area contributed by atoms with Gasteiger partial charge in [-0.3, -0.25) is 9.69 Å². The Labute approximate surface area is 129 Å². The van der Waals surface area contributed by atoms with Crippen LogP contribution in [0.25, 0.3) is 0 Å². The summed E-state index contributed by atoms with van der Waals surface area (Å²) in [5, 5.41) is 0. The van der Waals surface area contributed by atoms with E-state index in [9.17, 15) is 4.79 Å². The Morgan fingerprint density at radius 3 is 2.91 bits per heavy atom. The topological polar surface area (TPSA) is 61.5 Å². The molecule has 1 aromatic heterocycles. The van der Waals surface area contributed by atoms with Gasteiger partial charge in [-0.2, -0.15) is 0 Å². The molecular formula is C16H20N4O2. The number of rotatable bonds is 3. The Bertz CT molecular complexity index is 641. The molecule has 1 unspecified atom stereocenters. The van der Waals surface area contributed by atoms with Crippen LogP contribution in [0.1, 0.15) is 22.2 Å². The molecule has 0 bridgehead atoms. The first kappa shape index (κ1) is 14.6. The maximum absolute atomic E-state index is 12.8. The highest BCUT2D eigenvalue weighted by molar-refractivity contribution is 5.97. The standard InChI is InChI=1S/C16H20N4O2/c1-19-9-10-20(11-13(19)15-17-7-8-18-15)16(21)12-5-3-4-6-14(12)22-2/h3-8,13H,9-11H2,1-2H3,(H,17,18). The van der Waals surface area contributed by atoms with Crippen LogP contribution >= 0.6 is 0 Å². The average molecular weight is 300 g/mol. The van der Waals surface area contributed by atoms with Crippen molar-refractivity contribution in [3.63, 3.8) is 0 Å². The maximum atomic E-state index is 12.8. The summed E-state index contributed by atoms with van der Waals surface area (Å²) in [5.74, 6) is 1.50. The minimum Gasteiger partial charge on any atom is -0.496 e. The summed E-state index contributed by atoms with van der Waals surface area (Å²) in [6.07, 6.45) is 3.55. The van der Waals surface area contributed by atoms with Gasteiger partial charge in [-0.15, -0.1) is 0 Å². The smallest absolute Gasteiger partial charge is 0.257 e. The molecule has 0 saturated carbocycles. The van der Waals surface area contributed by atoms with E-state index in [0.717, 1.165) is 12.4 Å². The van der Waals surface area contributed by atoms with Crippen molar-refractivity contribution in [1.29, 1.82) is 0 Å². The van der Waals surface area contributed by atoms with Crippen molar-refractivity contribution in [3.05, 3.63) is 48.0 Å². The summed E-state index contributed by atoms with van der Waals surface area (Å²) in [6, 6.07) is 7.43. The number of nitrogens with one attached hydrogen (secondary N) is 1. The van der Waals surface area contributed by atoms with Crippen molar-refractivity contribution < 1.29 is 9.53 Å².